The minimum atomic E-state index is -0.194. The van der Waals surface area contributed by atoms with Gasteiger partial charge in [-0.1, -0.05) is 37.6 Å². The molecule has 0 radical (unpaired) electrons. The Morgan fingerprint density at radius 1 is 1.17 bits per heavy atom. The fourth-order valence-corrected chi connectivity index (χ4v) is 3.62. The van der Waals surface area contributed by atoms with E-state index in [0.29, 0.717) is 30.4 Å². The van der Waals surface area contributed by atoms with Crippen LogP contribution in [0.2, 0.25) is 0 Å². The molecule has 0 unspecified atom stereocenters. The molecule has 0 saturated carbocycles. The van der Waals surface area contributed by atoms with Gasteiger partial charge in [-0.25, -0.2) is 0 Å². The van der Waals surface area contributed by atoms with Crippen molar-refractivity contribution in [2.24, 2.45) is 0 Å². The molecule has 29 heavy (non-hydrogen) atoms. The Morgan fingerprint density at radius 2 is 1.86 bits per heavy atom. The maximum absolute atomic E-state index is 12.6. The van der Waals surface area contributed by atoms with Gasteiger partial charge in [-0.05, 0) is 17.5 Å². The summed E-state index contributed by atoms with van der Waals surface area (Å²) in [5.41, 5.74) is 8.93. The van der Waals surface area contributed by atoms with Crippen molar-refractivity contribution in [1.82, 2.24) is 14.9 Å². The largest absolute Gasteiger partial charge is 0.463 e. The second-order valence-corrected chi connectivity index (χ2v) is 7.72. The Kier molecular flexibility index (Phi) is 5.64. The molecule has 0 aliphatic carbocycles. The lowest BCUT2D eigenvalue weighted by Crippen LogP contribution is -2.49. The fourth-order valence-electron chi connectivity index (χ4n) is 3.62. The van der Waals surface area contributed by atoms with Crippen molar-refractivity contribution in [3.05, 3.63) is 41.0 Å². The second-order valence-electron chi connectivity index (χ2n) is 7.72. The minimum Gasteiger partial charge on any atom is -0.463 e. The van der Waals surface area contributed by atoms with Crippen molar-refractivity contribution in [2.45, 2.75) is 45.4 Å². The maximum atomic E-state index is 12.6. The van der Waals surface area contributed by atoms with Gasteiger partial charge in [0.2, 0.25) is 5.91 Å². The lowest BCUT2D eigenvalue weighted by Gasteiger charge is -2.35. The molecule has 4 rings (SSSR count). The Morgan fingerprint density at radius 3 is 2.52 bits per heavy atom. The number of fused-ring (bicyclic) bond motifs is 1. The Labute approximate surface area is 170 Å². The summed E-state index contributed by atoms with van der Waals surface area (Å²) in [7, 11) is 0. The molecule has 1 amide bonds. The fraction of sp³-hybridized carbons (Fsp3) is 0.476. The third-order valence-electron chi connectivity index (χ3n) is 5.32. The van der Waals surface area contributed by atoms with Crippen molar-refractivity contribution in [2.75, 3.05) is 30.3 Å². The number of aromatic nitrogens is 2. The number of likely N-dealkylation sites (tertiary alicyclic amines) is 1. The summed E-state index contributed by atoms with van der Waals surface area (Å²) in [5.74, 6) is 0.822. The van der Waals surface area contributed by atoms with Crippen LogP contribution in [0.3, 0.4) is 0 Å². The van der Waals surface area contributed by atoms with E-state index >= 15 is 0 Å². The highest BCUT2D eigenvalue weighted by atomic mass is 16.5. The second kappa shape index (κ2) is 8.34. The molecule has 0 spiro atoms. The molecule has 3 heterocycles. The third kappa shape index (κ3) is 4.33. The zero-order chi connectivity index (χ0) is 20.4. The number of nitrogens with two attached hydrogens (primary N) is 1. The summed E-state index contributed by atoms with van der Waals surface area (Å²) in [4.78, 5) is 25.1. The van der Waals surface area contributed by atoms with Gasteiger partial charge in [0.25, 0.3) is 0 Å². The van der Waals surface area contributed by atoms with Gasteiger partial charge in [-0.15, -0.1) is 0 Å². The van der Waals surface area contributed by atoms with E-state index in [0.717, 1.165) is 38.0 Å². The number of unbranched alkanes of at least 4 members (excludes halogenated alkanes) is 1. The van der Waals surface area contributed by atoms with Crippen LogP contribution in [-0.4, -0.2) is 51.7 Å². The van der Waals surface area contributed by atoms with E-state index in [1.165, 1.54) is 5.56 Å². The molecule has 154 valence electrons. The normalized spacial score (nSPS) is 16.8. The van der Waals surface area contributed by atoms with E-state index in [2.05, 4.69) is 33.9 Å². The van der Waals surface area contributed by atoms with Crippen LogP contribution in [0.15, 0.2) is 24.3 Å². The van der Waals surface area contributed by atoms with E-state index < -0.39 is 0 Å². The Bertz CT molecular complexity index is 881. The van der Waals surface area contributed by atoms with Gasteiger partial charge < -0.3 is 15.6 Å². The number of rotatable bonds is 8. The average Bonchev–Trinajstić information content (AvgIpc) is 2.99. The quantitative estimate of drug-likeness (QED) is 0.651. The number of β-amino-alcohol motifs (C(OH)–C–C–N with tert-alkyl or cyclic N) is 1. The highest BCUT2D eigenvalue weighted by Crippen LogP contribution is 2.33. The first-order valence-corrected chi connectivity index (χ1v) is 10.1. The number of benzene rings is 1. The molecule has 3 N–H and O–H groups in total. The van der Waals surface area contributed by atoms with Gasteiger partial charge in [0.1, 0.15) is 11.6 Å². The van der Waals surface area contributed by atoms with Crippen LogP contribution >= 0.6 is 0 Å². The van der Waals surface area contributed by atoms with Crippen LogP contribution in [-0.2, 0) is 24.3 Å². The predicted molar refractivity (Wildman–Crippen MR) is 109 cm³/mol. The first kappa shape index (κ1) is 19.6. The number of carbonyl (C=O) groups is 1. The van der Waals surface area contributed by atoms with Gasteiger partial charge in [0.15, 0.2) is 0 Å². The molecule has 0 atom stereocenters. The monoisotopic (exact) mass is 397 g/mol. The molecule has 8 heteroatoms. The molecule has 8 nitrogen and oxygen atoms in total. The average molecular weight is 397 g/mol. The number of anilines is 2. The summed E-state index contributed by atoms with van der Waals surface area (Å²) in [5, 5.41) is 9.40. The van der Waals surface area contributed by atoms with Crippen molar-refractivity contribution in [1.29, 1.82) is 0 Å². The number of hydrogen-bond acceptors (Lipinski definition) is 7. The number of carbonyl (C=O) groups excluding carboxylic acids is 1. The number of nitrogens with zero attached hydrogens (tertiary/aromatic N) is 4. The van der Waals surface area contributed by atoms with Crippen molar-refractivity contribution in [3.8, 4) is 6.01 Å². The highest BCUT2D eigenvalue weighted by molar-refractivity contribution is 6.01. The molecular formula is C21H27N5O3. The van der Waals surface area contributed by atoms with Crippen LogP contribution in [0.4, 0.5) is 11.6 Å². The zero-order valence-corrected chi connectivity index (χ0v) is 16.7. The van der Waals surface area contributed by atoms with E-state index in [4.69, 9.17) is 10.5 Å². The van der Waals surface area contributed by atoms with Gasteiger partial charge in [0, 0.05) is 25.2 Å². The number of aliphatic hydroxyl groups is 1. The van der Waals surface area contributed by atoms with Crippen molar-refractivity contribution < 1.29 is 14.6 Å². The van der Waals surface area contributed by atoms with Crippen molar-refractivity contribution >= 4 is 17.5 Å². The van der Waals surface area contributed by atoms with Crippen LogP contribution in [0.1, 0.15) is 36.5 Å². The summed E-state index contributed by atoms with van der Waals surface area (Å²) in [6.07, 6.45) is 1.94. The van der Waals surface area contributed by atoms with Crippen molar-refractivity contribution in [3.63, 3.8) is 0 Å². The standard InChI is InChI=1S/C21H27N5O3/c1-2-3-8-29-21-23-19(22)17-9-18(28)26(20(17)24-21)11-15-6-4-14(5-7-15)10-25-12-16(27)13-25/h4-7,16,27H,2-3,8-13H2,1H3,(H2,22,23,24). The smallest absolute Gasteiger partial charge is 0.320 e. The third-order valence-corrected chi connectivity index (χ3v) is 5.32. The van der Waals surface area contributed by atoms with Gasteiger partial charge >= 0.3 is 6.01 Å². The molecule has 2 aliphatic rings. The molecule has 2 aromatic rings. The molecule has 1 fully saturated rings. The molecular weight excluding hydrogens is 370 g/mol. The van der Waals surface area contributed by atoms with E-state index in [1.54, 1.807) is 4.90 Å². The van der Waals surface area contributed by atoms with Crippen LogP contribution in [0.25, 0.3) is 0 Å². The lowest BCUT2D eigenvalue weighted by atomic mass is 10.1. The Hall–Kier alpha value is -2.71. The van der Waals surface area contributed by atoms with E-state index in [9.17, 15) is 9.90 Å². The number of nitrogen functional groups attached to an aromatic ring is 1. The first-order valence-electron chi connectivity index (χ1n) is 10.1. The summed E-state index contributed by atoms with van der Waals surface area (Å²) >= 11 is 0. The van der Waals surface area contributed by atoms with E-state index in [1.807, 2.05) is 12.1 Å². The zero-order valence-electron chi connectivity index (χ0n) is 16.7. The van der Waals surface area contributed by atoms with Gasteiger partial charge in [-0.2, -0.15) is 9.97 Å². The summed E-state index contributed by atoms with van der Waals surface area (Å²) in [6.45, 7) is 5.32. The van der Waals surface area contributed by atoms with Crippen LogP contribution in [0.5, 0.6) is 6.01 Å². The lowest BCUT2D eigenvalue weighted by molar-refractivity contribution is -0.117. The predicted octanol–water partition coefficient (Wildman–Crippen LogP) is 1.50. The molecule has 1 aromatic heterocycles. The maximum Gasteiger partial charge on any atom is 0.320 e. The van der Waals surface area contributed by atoms with Crippen LogP contribution < -0.4 is 15.4 Å². The summed E-state index contributed by atoms with van der Waals surface area (Å²) < 4.78 is 5.60. The number of ether oxygens (including phenoxy) is 1. The number of aliphatic hydroxyl groups excluding tert-OH is 1. The SMILES string of the molecule is CCCCOc1nc(N)c2c(n1)N(Cc1ccc(CN3CC(O)C3)cc1)C(=O)C2. The highest BCUT2D eigenvalue weighted by Gasteiger charge is 2.32. The van der Waals surface area contributed by atoms with Crippen LogP contribution in [0, 0.1) is 0 Å². The topological polar surface area (TPSA) is 105 Å². The molecule has 1 saturated heterocycles. The summed E-state index contributed by atoms with van der Waals surface area (Å²) in [6, 6.07) is 8.41. The minimum absolute atomic E-state index is 0.0367. The van der Waals surface area contributed by atoms with Gasteiger partial charge in [0.05, 0.1) is 25.7 Å². The first-order chi connectivity index (χ1) is 14.0. The Balaban J connectivity index is 1.46. The molecule has 1 aromatic carbocycles. The molecule has 0 bridgehead atoms. The molecule has 2 aliphatic heterocycles. The van der Waals surface area contributed by atoms with E-state index in [-0.39, 0.29) is 24.4 Å². The van der Waals surface area contributed by atoms with Gasteiger partial charge in [-0.3, -0.25) is 14.6 Å². The number of amides is 1. The number of hydrogen-bond donors (Lipinski definition) is 2.